The number of hydrogen-bond acceptors (Lipinski definition) is 12. The van der Waals surface area contributed by atoms with E-state index >= 15 is 4.39 Å². The molecule has 1 aromatic rings. The molecule has 17 heteroatoms. The molecule has 4 N–H and O–H groups in total. The normalized spacial score (nSPS) is 25.8. The predicted octanol–water partition coefficient (Wildman–Crippen LogP) is 2.37. The van der Waals surface area contributed by atoms with Gasteiger partial charge in [-0.15, -0.1) is 0 Å². The molecule has 1 aromatic heterocycles. The van der Waals surface area contributed by atoms with Crippen LogP contribution in [0.5, 0.6) is 0 Å². The van der Waals surface area contributed by atoms with Crippen molar-refractivity contribution in [3.8, 4) is 0 Å². The topological polar surface area (TPSA) is 181 Å². The maximum atomic E-state index is 15.3. The number of aromatic nitrogens is 2. The van der Waals surface area contributed by atoms with E-state index in [0.717, 1.165) is 18.0 Å². The monoisotopic (exact) mass is 616 g/mol. The molecule has 0 bridgehead atoms. The van der Waals surface area contributed by atoms with Gasteiger partial charge in [0.05, 0.1) is 19.3 Å². The second kappa shape index (κ2) is 13.4. The number of carbonyl (C=O) groups excluding carboxylic acids is 2. The van der Waals surface area contributed by atoms with Gasteiger partial charge in [-0.3, -0.25) is 23.2 Å². The molecule has 1 saturated heterocycles. The molecule has 222 valence electrons. The minimum atomic E-state index is -4.33. The number of rotatable bonds is 12. The summed E-state index contributed by atoms with van der Waals surface area (Å²) in [4.78, 5) is 40.1. The first-order valence-corrected chi connectivity index (χ1v) is 14.9. The summed E-state index contributed by atoms with van der Waals surface area (Å²) in [5, 5.41) is 9.79. The van der Waals surface area contributed by atoms with Gasteiger partial charge in [0.1, 0.15) is 24.1 Å². The number of nitrogens with one attached hydrogen (secondary N) is 1. The number of anilines is 1. The number of aliphatic hydroxyl groups is 1. The third kappa shape index (κ3) is 9.22. The van der Waals surface area contributed by atoms with Crippen molar-refractivity contribution in [1.29, 1.82) is 0 Å². The highest BCUT2D eigenvalue weighted by Crippen LogP contribution is 2.48. The Morgan fingerprint density at radius 2 is 2.03 bits per heavy atom. The van der Waals surface area contributed by atoms with Gasteiger partial charge < -0.3 is 20.3 Å². The summed E-state index contributed by atoms with van der Waals surface area (Å²) in [5.74, 6) is -0.751. The first-order chi connectivity index (χ1) is 17.9. The molecule has 1 aliphatic heterocycles. The average molecular weight is 617 g/mol. The molecule has 13 nitrogen and oxygen atoms in total. The van der Waals surface area contributed by atoms with Crippen LogP contribution >= 0.6 is 31.1 Å². The van der Waals surface area contributed by atoms with Crippen molar-refractivity contribution in [3.05, 3.63) is 22.7 Å². The fraction of sp³-hybridized carbons (Fsp3) is 0.727. The Labute approximate surface area is 234 Å². The second-order valence-corrected chi connectivity index (χ2v) is 13.5. The van der Waals surface area contributed by atoms with Crippen LogP contribution in [0.2, 0.25) is 0 Å². The van der Waals surface area contributed by atoms with Gasteiger partial charge in [0.2, 0.25) is 0 Å². The lowest BCUT2D eigenvalue weighted by Crippen LogP contribution is -2.41. The van der Waals surface area contributed by atoms with Gasteiger partial charge in [-0.2, -0.15) is 4.98 Å². The summed E-state index contributed by atoms with van der Waals surface area (Å²) in [5.41, 5.74) is 3.87. The lowest BCUT2D eigenvalue weighted by atomic mass is 10.00. The number of aliphatic hydroxyl groups excluding tert-OH is 1. The molecule has 0 radical (unpaired) electrons. The summed E-state index contributed by atoms with van der Waals surface area (Å²) in [6.45, 7) is 8.92. The van der Waals surface area contributed by atoms with Gasteiger partial charge in [0, 0.05) is 17.4 Å². The van der Waals surface area contributed by atoms with Crippen LogP contribution in [0.25, 0.3) is 0 Å². The van der Waals surface area contributed by atoms with E-state index in [-0.39, 0.29) is 23.3 Å². The quantitative estimate of drug-likeness (QED) is 0.135. The van der Waals surface area contributed by atoms with Gasteiger partial charge in [-0.25, -0.2) is 18.8 Å². The van der Waals surface area contributed by atoms with Crippen molar-refractivity contribution in [2.75, 3.05) is 24.7 Å². The molecule has 39 heavy (non-hydrogen) atoms. The van der Waals surface area contributed by atoms with Crippen molar-refractivity contribution in [3.63, 3.8) is 0 Å². The zero-order chi connectivity index (χ0) is 29.8. The number of esters is 1. The molecule has 6 atom stereocenters. The van der Waals surface area contributed by atoms with E-state index < -0.39 is 67.1 Å². The highest BCUT2D eigenvalue weighted by Gasteiger charge is 2.58. The highest BCUT2D eigenvalue weighted by molar-refractivity contribution is 8.13. The number of alkyl halides is 2. The van der Waals surface area contributed by atoms with E-state index in [2.05, 4.69) is 10.1 Å². The molecule has 1 fully saturated rings. The van der Waals surface area contributed by atoms with E-state index in [1.54, 1.807) is 34.6 Å². The fourth-order valence-corrected chi connectivity index (χ4v) is 5.81. The summed E-state index contributed by atoms with van der Waals surface area (Å²) in [6, 6.07) is 0.0527. The van der Waals surface area contributed by atoms with Crippen molar-refractivity contribution < 1.29 is 42.2 Å². The number of carbonyl (C=O) groups is 2. The Bertz CT molecular complexity index is 1130. The zero-order valence-corrected chi connectivity index (χ0v) is 24.9. The summed E-state index contributed by atoms with van der Waals surface area (Å²) in [6.07, 6.45) is -4.73. The van der Waals surface area contributed by atoms with Crippen LogP contribution in [-0.4, -0.2) is 74.2 Å². The van der Waals surface area contributed by atoms with Crippen molar-refractivity contribution in [2.24, 2.45) is 5.41 Å². The molecule has 2 heterocycles. The van der Waals surface area contributed by atoms with E-state index in [1.165, 1.54) is 13.0 Å². The Morgan fingerprint density at radius 1 is 1.38 bits per heavy atom. The van der Waals surface area contributed by atoms with Crippen LogP contribution in [0.15, 0.2) is 17.1 Å². The molecule has 0 aromatic carbocycles. The smallest absolute Gasteiger partial charge is 0.406 e. The molecule has 0 aliphatic carbocycles. The third-order valence-electron chi connectivity index (χ3n) is 5.14. The molecule has 0 saturated carbocycles. The SMILES string of the molecule is CC(C)OC(=O)[C@@H](C)N[P@@](=O)(OCCSC(=O)C(C)(C)C)OC[C@H]1O[C@@H](n2ccc(N)nc2=O)[C@@](F)(Cl)[C@@H]1O. The van der Waals surface area contributed by atoms with E-state index in [0.29, 0.717) is 4.57 Å². The maximum Gasteiger partial charge on any atom is 0.406 e. The molecule has 0 unspecified atom stereocenters. The van der Waals surface area contributed by atoms with Crippen LogP contribution in [0.4, 0.5) is 10.2 Å². The van der Waals surface area contributed by atoms with Crippen LogP contribution in [0, 0.1) is 5.41 Å². The number of ether oxygens (including phenoxy) is 2. The maximum absolute atomic E-state index is 15.3. The molecular weight excluding hydrogens is 582 g/mol. The Balaban J connectivity index is 2.16. The molecule has 0 amide bonds. The second-order valence-electron chi connectivity index (χ2n) is 10.0. The van der Waals surface area contributed by atoms with Gasteiger partial charge in [-0.05, 0) is 26.8 Å². The lowest BCUT2D eigenvalue weighted by Gasteiger charge is -2.25. The van der Waals surface area contributed by atoms with Crippen molar-refractivity contribution >= 4 is 48.0 Å². The predicted molar refractivity (Wildman–Crippen MR) is 143 cm³/mol. The average Bonchev–Trinajstić information content (AvgIpc) is 3.03. The van der Waals surface area contributed by atoms with Gasteiger partial charge in [0.25, 0.3) is 5.13 Å². The van der Waals surface area contributed by atoms with Gasteiger partial charge in [0.15, 0.2) is 11.3 Å². The summed E-state index contributed by atoms with van der Waals surface area (Å²) < 4.78 is 50.8. The summed E-state index contributed by atoms with van der Waals surface area (Å²) in [7, 11) is -4.33. The van der Waals surface area contributed by atoms with Gasteiger partial charge >= 0.3 is 19.4 Å². The Hall–Kier alpha value is -1.58. The Morgan fingerprint density at radius 3 is 2.59 bits per heavy atom. The first kappa shape index (κ1) is 33.6. The Kier molecular flexibility index (Phi) is 11.5. The lowest BCUT2D eigenvalue weighted by molar-refractivity contribution is -0.149. The number of thioether (sulfide) groups is 1. The van der Waals surface area contributed by atoms with Crippen LogP contribution in [0.1, 0.15) is 47.8 Å². The number of nitrogens with zero attached hydrogens (tertiary/aromatic N) is 2. The zero-order valence-electron chi connectivity index (χ0n) is 22.5. The third-order valence-corrected chi connectivity index (χ3v) is 8.51. The number of nitrogen functional groups attached to an aromatic ring is 1. The number of nitrogens with two attached hydrogens (primary N) is 1. The minimum absolute atomic E-state index is 0.114. The molecule has 2 rings (SSSR count). The fourth-order valence-electron chi connectivity index (χ4n) is 3.13. The van der Waals surface area contributed by atoms with Gasteiger partial charge in [-0.1, -0.05) is 44.1 Å². The van der Waals surface area contributed by atoms with Crippen molar-refractivity contribution in [2.45, 2.75) is 77.3 Å². The number of hydrogen-bond donors (Lipinski definition) is 3. The van der Waals surface area contributed by atoms with E-state index in [9.17, 15) is 24.1 Å². The minimum Gasteiger partial charge on any atom is -0.462 e. The first-order valence-electron chi connectivity index (χ1n) is 12.0. The van der Waals surface area contributed by atoms with Crippen LogP contribution < -0.4 is 16.5 Å². The highest BCUT2D eigenvalue weighted by atomic mass is 35.5. The largest absolute Gasteiger partial charge is 0.462 e. The van der Waals surface area contributed by atoms with Crippen LogP contribution in [0.3, 0.4) is 0 Å². The molecular formula is C22H35ClFN4O9PS. The van der Waals surface area contributed by atoms with Crippen LogP contribution in [-0.2, 0) is 32.7 Å². The number of halogens is 2. The molecule has 1 aliphatic rings. The van der Waals surface area contributed by atoms with Crippen molar-refractivity contribution in [1.82, 2.24) is 14.6 Å². The van der Waals surface area contributed by atoms with E-state index in [4.69, 9.17) is 35.9 Å². The van der Waals surface area contributed by atoms with E-state index in [1.807, 2.05) is 0 Å². The summed E-state index contributed by atoms with van der Waals surface area (Å²) >= 11 is 6.85. The standard InChI is InChI=1S/C22H35ClFN4O9PS/c1-12(2)36-17(30)13(3)27-38(33,34-9-10-39-19(31)21(4,5)6)35-11-14-16(29)22(23,24)18(37-14)28-8-7-15(25)26-20(28)32/h7-8,12-14,16,18,29H,9-11H2,1-6H3,(H,27,33)(H2,25,26,32)/t13-,14-,16-,18-,22-,38-/m1/s1. The molecule has 0 spiro atoms.